The van der Waals surface area contributed by atoms with E-state index in [1.54, 1.807) is 25.3 Å². The fourth-order valence-corrected chi connectivity index (χ4v) is 9.79. The summed E-state index contributed by atoms with van der Waals surface area (Å²) in [4.78, 5) is 30.1. The van der Waals surface area contributed by atoms with Crippen molar-refractivity contribution in [2.24, 2.45) is 22.1 Å². The van der Waals surface area contributed by atoms with E-state index in [2.05, 4.69) is 50.2 Å². The number of amides is 2. The van der Waals surface area contributed by atoms with Crippen LogP contribution in [0.4, 0.5) is 5.69 Å². The molecule has 2 amide bonds. The third-order valence-electron chi connectivity index (χ3n) is 10.7. The highest BCUT2D eigenvalue weighted by Gasteiger charge is 2.42. The Labute approximate surface area is 316 Å². The molecule has 1 aromatic heterocycles. The monoisotopic (exact) mass is 765 g/mol. The van der Waals surface area contributed by atoms with E-state index < -0.39 is 21.7 Å². The van der Waals surface area contributed by atoms with E-state index in [0.29, 0.717) is 31.9 Å². The van der Waals surface area contributed by atoms with Gasteiger partial charge in [0.05, 0.1) is 38.4 Å². The number of carbonyl (C=O) groups is 2. The van der Waals surface area contributed by atoms with Gasteiger partial charge in [0.15, 0.2) is 0 Å². The molecule has 2 aliphatic heterocycles. The van der Waals surface area contributed by atoms with Gasteiger partial charge in [-0.15, -0.1) is 14.6 Å². The van der Waals surface area contributed by atoms with Crippen LogP contribution in [0.3, 0.4) is 0 Å². The Morgan fingerprint density at radius 1 is 1.08 bits per heavy atom. The Bertz CT molecular complexity index is 2020. The van der Waals surface area contributed by atoms with Gasteiger partial charge in [-0.3, -0.25) is 14.3 Å². The highest BCUT2D eigenvalue weighted by atomic mass is 35.5. The van der Waals surface area contributed by atoms with E-state index in [1.807, 2.05) is 25.1 Å². The molecule has 0 fully saturated rings. The minimum atomic E-state index is -3.69. The van der Waals surface area contributed by atoms with Gasteiger partial charge in [-0.05, 0) is 84.9 Å². The second-order valence-corrected chi connectivity index (χ2v) is 17.0. The molecule has 12 nitrogen and oxygen atoms in total. The van der Waals surface area contributed by atoms with E-state index in [0.717, 1.165) is 30.0 Å². The summed E-state index contributed by atoms with van der Waals surface area (Å²) in [7, 11) is 0.752. The largest absolute Gasteiger partial charge is 0.490 e. The number of nitrogens with one attached hydrogen (secondary N) is 1. The number of benzene rings is 2. The predicted octanol–water partition coefficient (Wildman–Crippen LogP) is 6.46. The highest BCUT2D eigenvalue weighted by molar-refractivity contribution is 7.92. The number of nitrogens with zero attached hydrogens (tertiary/aromatic N) is 4. The van der Waals surface area contributed by atoms with Gasteiger partial charge in [0.2, 0.25) is 11.8 Å². The molecule has 1 aliphatic carbocycles. The molecule has 2 aromatic carbocycles. The zero-order valence-corrected chi connectivity index (χ0v) is 32.7. The second-order valence-electron chi connectivity index (χ2n) is 14.5. The molecular weight excluding hydrogens is 718 g/mol. The van der Waals surface area contributed by atoms with Crippen molar-refractivity contribution in [3.8, 4) is 17.5 Å². The van der Waals surface area contributed by atoms with Crippen molar-refractivity contribution in [1.29, 1.82) is 0 Å². The number of aryl methyl sites for hydroxylation is 1. The van der Waals surface area contributed by atoms with Gasteiger partial charge in [0.25, 0.3) is 11.8 Å². The van der Waals surface area contributed by atoms with Gasteiger partial charge >= 0.3 is 0 Å². The number of allylic oxidation sites excluding steroid dienone is 1. The highest BCUT2D eigenvalue weighted by Crippen LogP contribution is 2.45. The number of hydrogen-bond acceptors (Lipinski definition) is 10. The van der Waals surface area contributed by atoms with Crippen LogP contribution < -0.4 is 23.8 Å². The molecule has 53 heavy (non-hydrogen) atoms. The van der Waals surface area contributed by atoms with Crippen molar-refractivity contribution >= 4 is 39.0 Å². The van der Waals surface area contributed by atoms with Crippen LogP contribution in [-0.2, 0) is 26.5 Å². The maximum absolute atomic E-state index is 14.7. The first-order valence-electron chi connectivity index (χ1n) is 17.9. The summed E-state index contributed by atoms with van der Waals surface area (Å²) in [6.07, 6.45) is 7.28. The fraction of sp³-hybridized carbons (Fsp3) is 0.487. The summed E-state index contributed by atoms with van der Waals surface area (Å²) in [5.74, 6) is -0.915. The molecule has 6 atom stereocenters. The normalized spacial score (nSPS) is 28.1. The molecule has 284 valence electrons. The SMILES string of the molecule is COc1cc(C(=O)NS2(=O)=NC(=O)c3ccc4c(c3)N(C[C@H](C)[C@@H](C)[C@@H](OC)/C=C/C[C@H](C)C2)C[C@@]2(CCCc3cc(Cl)ccc32)CO4)c(OC)nn1. The molecule has 1 unspecified atom stereocenters. The van der Waals surface area contributed by atoms with E-state index >= 15 is 0 Å². The Hall–Kier alpha value is -4.20. The number of carbonyl (C=O) groups excluding carboxylic acids is 2. The van der Waals surface area contributed by atoms with Crippen LogP contribution in [0.15, 0.2) is 59.0 Å². The number of fused-ring (bicyclic) bond motifs is 3. The molecule has 6 rings (SSSR count). The zero-order valence-electron chi connectivity index (χ0n) is 31.1. The second kappa shape index (κ2) is 16.0. The molecule has 2 bridgehead atoms. The molecule has 3 aromatic rings. The van der Waals surface area contributed by atoms with Gasteiger partial charge in [-0.2, -0.15) is 0 Å². The van der Waals surface area contributed by atoms with Crippen molar-refractivity contribution in [1.82, 2.24) is 14.9 Å². The van der Waals surface area contributed by atoms with Crippen LogP contribution in [0.5, 0.6) is 17.5 Å². The number of rotatable bonds is 5. The molecule has 0 saturated carbocycles. The standard InChI is InChI=1S/C39H48ClN5O7S/c1-24-9-7-11-33(49-4)26(3)25(2)20-45-22-39(16-8-10-27-17-29(40)13-14-31(27)39)23-52-34-15-12-28(18-32(34)45)36(46)43-53(48,21-24)44-37(47)30-19-35(50-5)41-42-38(30)51-6/h7,11-15,17-19,24-26,33H,8-10,16,20-23H2,1-6H3,(H,43,44,46,47,48)/b11-7+/t24-,25-,26+,33-,39-,53?/m0/s1. The van der Waals surface area contributed by atoms with E-state index in [1.165, 1.54) is 31.4 Å². The predicted molar refractivity (Wildman–Crippen MR) is 205 cm³/mol. The zero-order chi connectivity index (χ0) is 37.9. The first-order chi connectivity index (χ1) is 25.4. The lowest BCUT2D eigenvalue weighted by Gasteiger charge is -2.42. The minimum absolute atomic E-state index is 0.0608. The quantitative estimate of drug-likeness (QED) is 0.288. The number of anilines is 1. The van der Waals surface area contributed by atoms with Crippen molar-refractivity contribution in [2.75, 3.05) is 51.7 Å². The number of hydrogen-bond donors (Lipinski definition) is 1. The molecule has 1 N–H and O–H groups in total. The van der Waals surface area contributed by atoms with Gasteiger partial charge < -0.3 is 23.8 Å². The van der Waals surface area contributed by atoms with Crippen molar-refractivity contribution in [3.05, 3.63) is 81.9 Å². The van der Waals surface area contributed by atoms with Crippen molar-refractivity contribution in [3.63, 3.8) is 0 Å². The van der Waals surface area contributed by atoms with Crippen LogP contribution in [0.1, 0.15) is 71.9 Å². The lowest BCUT2D eigenvalue weighted by molar-refractivity contribution is 0.0743. The number of aromatic nitrogens is 2. The average molecular weight is 766 g/mol. The van der Waals surface area contributed by atoms with E-state index in [9.17, 15) is 13.8 Å². The van der Waals surface area contributed by atoms with Gasteiger partial charge in [-0.1, -0.05) is 50.6 Å². The molecule has 0 saturated heterocycles. The Morgan fingerprint density at radius 3 is 2.64 bits per heavy atom. The smallest absolute Gasteiger partial charge is 0.286 e. The van der Waals surface area contributed by atoms with E-state index in [-0.39, 0.29) is 57.9 Å². The molecule has 0 radical (unpaired) electrons. The lowest BCUT2D eigenvalue weighted by Crippen LogP contribution is -2.47. The van der Waals surface area contributed by atoms with Gasteiger partial charge in [0, 0.05) is 42.3 Å². The molecule has 3 heterocycles. The molecule has 3 aliphatic rings. The summed E-state index contributed by atoms with van der Waals surface area (Å²) >= 11 is 6.45. The fourth-order valence-electron chi connectivity index (χ4n) is 7.72. The summed E-state index contributed by atoms with van der Waals surface area (Å²) in [6.45, 7) is 8.11. The van der Waals surface area contributed by atoms with Crippen molar-refractivity contribution in [2.45, 2.75) is 58.0 Å². The lowest BCUT2D eigenvalue weighted by atomic mass is 9.70. The van der Waals surface area contributed by atoms with E-state index in [4.69, 9.17) is 30.5 Å². The summed E-state index contributed by atoms with van der Waals surface area (Å²) in [5, 5.41) is 8.46. The first kappa shape index (κ1) is 38.5. The summed E-state index contributed by atoms with van der Waals surface area (Å²) < 4.78 is 44.5. The maximum Gasteiger partial charge on any atom is 0.286 e. The number of methoxy groups -OCH3 is 3. The average Bonchev–Trinajstić information content (AvgIpc) is 3.28. The Kier molecular flexibility index (Phi) is 11.7. The first-order valence-corrected chi connectivity index (χ1v) is 20.0. The molecular formula is C39H48ClN5O7S. The topological polar surface area (TPSA) is 142 Å². The van der Waals surface area contributed by atoms with Gasteiger partial charge in [-0.25, -0.2) is 4.21 Å². The summed E-state index contributed by atoms with van der Waals surface area (Å²) in [6, 6.07) is 12.7. The minimum Gasteiger partial charge on any atom is -0.490 e. The third-order valence-corrected chi connectivity index (χ3v) is 12.9. The van der Waals surface area contributed by atoms with Crippen LogP contribution in [0.25, 0.3) is 0 Å². The van der Waals surface area contributed by atoms with Gasteiger partial charge in [0.1, 0.15) is 21.2 Å². The van der Waals surface area contributed by atoms with Crippen molar-refractivity contribution < 1.29 is 32.7 Å². The molecule has 14 heteroatoms. The van der Waals surface area contributed by atoms with Crippen LogP contribution >= 0.6 is 11.6 Å². The van der Waals surface area contributed by atoms with Crippen LogP contribution in [0, 0.1) is 17.8 Å². The Balaban J connectivity index is 1.44. The Morgan fingerprint density at radius 2 is 1.89 bits per heavy atom. The number of halogens is 1. The molecule has 1 spiro atoms. The summed E-state index contributed by atoms with van der Waals surface area (Å²) in [5.41, 5.74) is 3.08. The number of ether oxygens (including phenoxy) is 4. The third kappa shape index (κ3) is 8.32. The van der Waals surface area contributed by atoms with Crippen LogP contribution in [-0.4, -0.2) is 79.1 Å². The maximum atomic E-state index is 14.7. The van der Waals surface area contributed by atoms with Crippen LogP contribution in [0.2, 0.25) is 5.02 Å².